The molecule has 176 valence electrons. The highest BCUT2D eigenvalue weighted by molar-refractivity contribution is 5.79. The molecule has 1 atom stereocenters. The zero-order chi connectivity index (χ0) is 23.8. The summed E-state index contributed by atoms with van der Waals surface area (Å²) in [6, 6.07) is 14.3. The Morgan fingerprint density at radius 2 is 1.58 bits per heavy atom. The fourth-order valence-corrected chi connectivity index (χ4v) is 3.92. The molecule has 1 aliphatic rings. The van der Waals surface area contributed by atoms with Crippen molar-refractivity contribution >= 4 is 18.0 Å². The van der Waals surface area contributed by atoms with Gasteiger partial charge < -0.3 is 20.5 Å². The standard InChI is InChI=1S/C24H26F2N2O5/c25-23(26)20(13-22(30)31)28-21(29)11-5-6-12-27-24(32)33-14-19-17-9-3-1-7-15(17)16-8-2-4-10-18(16)19/h1-4,7-10,19-20,23H,5-6,11-14H2,(H,27,32)(H,28,29)(H,30,31). The van der Waals surface area contributed by atoms with Crippen molar-refractivity contribution < 1.29 is 33.0 Å². The lowest BCUT2D eigenvalue weighted by Crippen LogP contribution is -2.41. The maximum Gasteiger partial charge on any atom is 0.407 e. The third-order valence-corrected chi connectivity index (χ3v) is 5.49. The van der Waals surface area contributed by atoms with Crippen molar-refractivity contribution in [3.05, 3.63) is 59.7 Å². The number of benzene rings is 2. The lowest BCUT2D eigenvalue weighted by atomic mass is 9.98. The van der Waals surface area contributed by atoms with E-state index in [9.17, 15) is 23.2 Å². The van der Waals surface area contributed by atoms with Gasteiger partial charge in [0.15, 0.2) is 0 Å². The Hall–Kier alpha value is -3.49. The normalized spacial score (nSPS) is 13.2. The van der Waals surface area contributed by atoms with Crippen LogP contribution in [0, 0.1) is 0 Å². The first kappa shape index (κ1) is 24.2. The molecule has 0 heterocycles. The van der Waals surface area contributed by atoms with Crippen molar-refractivity contribution in [3.8, 4) is 11.1 Å². The number of alkyl halides is 2. The van der Waals surface area contributed by atoms with E-state index in [-0.39, 0.29) is 25.5 Å². The van der Waals surface area contributed by atoms with E-state index in [4.69, 9.17) is 9.84 Å². The molecule has 33 heavy (non-hydrogen) atoms. The van der Waals surface area contributed by atoms with Crippen LogP contribution in [-0.4, -0.2) is 48.7 Å². The van der Waals surface area contributed by atoms with E-state index < -0.39 is 36.9 Å². The number of aliphatic carboxylic acids is 1. The van der Waals surface area contributed by atoms with Gasteiger partial charge >= 0.3 is 12.1 Å². The number of carbonyl (C=O) groups excluding carboxylic acids is 2. The SMILES string of the molecule is O=C(O)CC(NC(=O)CCCCNC(=O)OCC1c2ccccc2-c2ccccc21)C(F)F. The topological polar surface area (TPSA) is 105 Å². The van der Waals surface area contributed by atoms with Gasteiger partial charge in [-0.1, -0.05) is 48.5 Å². The highest BCUT2D eigenvalue weighted by Gasteiger charge is 2.29. The number of unbranched alkanes of at least 4 members (excludes halogenated alkanes) is 1. The van der Waals surface area contributed by atoms with Crippen LogP contribution in [0.3, 0.4) is 0 Å². The van der Waals surface area contributed by atoms with Gasteiger partial charge in [0.1, 0.15) is 12.6 Å². The number of halogens is 2. The molecule has 9 heteroatoms. The van der Waals surface area contributed by atoms with Crippen LogP contribution in [0.5, 0.6) is 0 Å². The number of hydrogen-bond acceptors (Lipinski definition) is 4. The van der Waals surface area contributed by atoms with E-state index in [1.165, 1.54) is 0 Å². The minimum absolute atomic E-state index is 0.0413. The van der Waals surface area contributed by atoms with Gasteiger partial charge in [-0.15, -0.1) is 0 Å². The molecule has 3 rings (SSSR count). The fraction of sp³-hybridized carbons (Fsp3) is 0.375. The Labute approximate surface area is 190 Å². The summed E-state index contributed by atoms with van der Waals surface area (Å²) in [6.07, 6.45) is -3.63. The first-order valence-electron chi connectivity index (χ1n) is 10.7. The summed E-state index contributed by atoms with van der Waals surface area (Å²) < 4.78 is 30.9. The van der Waals surface area contributed by atoms with Gasteiger partial charge in [0.2, 0.25) is 5.91 Å². The van der Waals surface area contributed by atoms with Crippen LogP contribution in [0.15, 0.2) is 48.5 Å². The third-order valence-electron chi connectivity index (χ3n) is 5.49. The average molecular weight is 460 g/mol. The van der Waals surface area contributed by atoms with E-state index in [2.05, 4.69) is 17.4 Å². The third kappa shape index (κ3) is 6.50. The Bertz CT molecular complexity index is 953. The van der Waals surface area contributed by atoms with E-state index >= 15 is 0 Å². The minimum atomic E-state index is -2.96. The van der Waals surface area contributed by atoms with Gasteiger partial charge in [0.25, 0.3) is 6.43 Å². The molecular formula is C24H26F2N2O5. The zero-order valence-corrected chi connectivity index (χ0v) is 17.9. The highest BCUT2D eigenvalue weighted by Crippen LogP contribution is 2.44. The molecule has 0 aliphatic heterocycles. The van der Waals surface area contributed by atoms with Crippen LogP contribution in [-0.2, 0) is 14.3 Å². The lowest BCUT2D eigenvalue weighted by Gasteiger charge is -2.16. The molecule has 2 aromatic carbocycles. The maximum absolute atomic E-state index is 12.8. The van der Waals surface area contributed by atoms with Crippen LogP contribution in [0.4, 0.5) is 13.6 Å². The summed E-state index contributed by atoms with van der Waals surface area (Å²) >= 11 is 0. The molecule has 1 unspecified atom stereocenters. The smallest absolute Gasteiger partial charge is 0.407 e. The summed E-state index contributed by atoms with van der Waals surface area (Å²) in [4.78, 5) is 34.4. The second kappa shape index (κ2) is 11.4. The Kier molecular flexibility index (Phi) is 8.34. The lowest BCUT2D eigenvalue weighted by molar-refractivity contribution is -0.139. The number of ether oxygens (including phenoxy) is 1. The maximum atomic E-state index is 12.8. The zero-order valence-electron chi connectivity index (χ0n) is 17.9. The predicted molar refractivity (Wildman–Crippen MR) is 117 cm³/mol. The Morgan fingerprint density at radius 3 is 2.15 bits per heavy atom. The quantitative estimate of drug-likeness (QED) is 0.441. The summed E-state index contributed by atoms with van der Waals surface area (Å²) in [5, 5.41) is 13.3. The van der Waals surface area contributed by atoms with Crippen molar-refractivity contribution in [2.45, 2.75) is 44.1 Å². The van der Waals surface area contributed by atoms with Gasteiger partial charge in [-0.05, 0) is 35.1 Å². The first-order chi connectivity index (χ1) is 15.9. The van der Waals surface area contributed by atoms with Crippen molar-refractivity contribution in [1.82, 2.24) is 10.6 Å². The van der Waals surface area contributed by atoms with Crippen molar-refractivity contribution in [2.24, 2.45) is 0 Å². The van der Waals surface area contributed by atoms with Crippen LogP contribution in [0.2, 0.25) is 0 Å². The molecule has 0 aromatic heterocycles. The van der Waals surface area contributed by atoms with E-state index in [1.54, 1.807) is 0 Å². The molecule has 0 saturated carbocycles. The molecule has 7 nitrogen and oxygen atoms in total. The number of fused-ring (bicyclic) bond motifs is 3. The monoisotopic (exact) mass is 460 g/mol. The van der Waals surface area contributed by atoms with E-state index in [1.807, 2.05) is 41.7 Å². The summed E-state index contributed by atoms with van der Waals surface area (Å²) in [5.74, 6) is -2.10. The van der Waals surface area contributed by atoms with E-state index in [0.717, 1.165) is 22.3 Å². The summed E-state index contributed by atoms with van der Waals surface area (Å²) in [5.41, 5.74) is 4.50. The van der Waals surface area contributed by atoms with Crippen LogP contribution in [0.1, 0.15) is 42.7 Å². The van der Waals surface area contributed by atoms with Gasteiger partial charge in [-0.25, -0.2) is 13.6 Å². The van der Waals surface area contributed by atoms with Crippen LogP contribution < -0.4 is 10.6 Å². The summed E-state index contributed by atoms with van der Waals surface area (Å²) in [7, 11) is 0. The molecule has 2 amide bonds. The van der Waals surface area contributed by atoms with Gasteiger partial charge in [0.05, 0.1) is 6.42 Å². The number of rotatable bonds is 11. The summed E-state index contributed by atoms with van der Waals surface area (Å²) in [6.45, 7) is 0.457. The van der Waals surface area contributed by atoms with Gasteiger partial charge in [-0.2, -0.15) is 0 Å². The van der Waals surface area contributed by atoms with Gasteiger partial charge in [0, 0.05) is 18.9 Å². The number of carboxylic acids is 1. The molecule has 0 fully saturated rings. The number of carbonyl (C=O) groups is 3. The second-order valence-corrected chi connectivity index (χ2v) is 7.82. The average Bonchev–Trinajstić information content (AvgIpc) is 3.10. The number of alkyl carbamates (subject to hydrolysis) is 1. The highest BCUT2D eigenvalue weighted by atomic mass is 19.3. The van der Waals surface area contributed by atoms with Crippen LogP contribution in [0.25, 0.3) is 11.1 Å². The minimum Gasteiger partial charge on any atom is -0.481 e. The second-order valence-electron chi connectivity index (χ2n) is 7.82. The number of nitrogens with one attached hydrogen (secondary N) is 2. The Balaban J connectivity index is 1.37. The van der Waals surface area contributed by atoms with Crippen molar-refractivity contribution in [2.75, 3.05) is 13.2 Å². The van der Waals surface area contributed by atoms with Crippen molar-refractivity contribution in [1.29, 1.82) is 0 Å². The molecule has 0 radical (unpaired) electrons. The molecule has 0 spiro atoms. The molecule has 1 aliphatic carbocycles. The van der Waals surface area contributed by atoms with Crippen molar-refractivity contribution in [3.63, 3.8) is 0 Å². The molecule has 0 saturated heterocycles. The molecule has 0 bridgehead atoms. The van der Waals surface area contributed by atoms with E-state index in [0.29, 0.717) is 12.8 Å². The number of amides is 2. The number of hydrogen-bond donors (Lipinski definition) is 3. The van der Waals surface area contributed by atoms with Crippen LogP contribution >= 0.6 is 0 Å². The first-order valence-corrected chi connectivity index (χ1v) is 10.7. The largest absolute Gasteiger partial charge is 0.481 e. The van der Waals surface area contributed by atoms with Gasteiger partial charge in [-0.3, -0.25) is 9.59 Å². The Morgan fingerprint density at radius 1 is 0.970 bits per heavy atom. The number of carboxylic acid groups (broad SMARTS) is 1. The molecule has 3 N–H and O–H groups in total. The molecule has 2 aromatic rings. The molecular weight excluding hydrogens is 434 g/mol. The fourth-order valence-electron chi connectivity index (χ4n) is 3.92. The predicted octanol–water partition coefficient (Wildman–Crippen LogP) is 3.92.